The third kappa shape index (κ3) is 27.0. The zero-order valence-electron chi connectivity index (χ0n) is 64.8. The van der Waals surface area contributed by atoms with Crippen molar-refractivity contribution in [2.45, 2.75) is 196 Å². The topological polar surface area (TPSA) is 555 Å². The van der Waals surface area contributed by atoms with E-state index in [9.17, 15) is 87.5 Å². The minimum absolute atomic E-state index is 0.00465. The molecule has 14 atom stereocenters. The summed E-state index contributed by atoms with van der Waals surface area (Å²) in [6, 6.07) is 3.47. The minimum atomic E-state index is -1.79. The number of fused-ring (bicyclic) bond motifs is 1. The number of carboxylic acid groups (broad SMARTS) is 1. The van der Waals surface area contributed by atoms with Gasteiger partial charge < -0.3 is 110 Å². The van der Waals surface area contributed by atoms with Crippen molar-refractivity contribution in [1.29, 1.82) is 0 Å². The predicted octanol–water partition coefficient (Wildman–Crippen LogP) is -2.71. The number of aromatic hydroxyl groups is 1. The number of aliphatic hydroxyl groups excluding tert-OH is 2. The second-order valence-electron chi connectivity index (χ2n) is 29.4. The van der Waals surface area contributed by atoms with Crippen LogP contribution in [0.2, 0.25) is 0 Å². The van der Waals surface area contributed by atoms with Crippen LogP contribution in [0.25, 0.3) is 10.9 Å². The molecule has 5 aromatic rings. The first-order valence-corrected chi connectivity index (χ1v) is 39.6. The van der Waals surface area contributed by atoms with Gasteiger partial charge in [0.05, 0.1) is 31.6 Å². The number of para-hydroxylation sites is 1. The van der Waals surface area contributed by atoms with Crippen LogP contribution >= 0.6 is 25.3 Å². The Kier molecular flexibility index (Phi) is 35.7. The van der Waals surface area contributed by atoms with Crippen molar-refractivity contribution < 1.29 is 87.5 Å². The lowest BCUT2D eigenvalue weighted by atomic mass is 9.99. The lowest BCUT2D eigenvalue weighted by Gasteiger charge is -2.30. The van der Waals surface area contributed by atoms with E-state index in [1.165, 1.54) is 41.4 Å². The summed E-state index contributed by atoms with van der Waals surface area (Å²) in [6.07, 6.45) is 4.22. The van der Waals surface area contributed by atoms with Crippen LogP contribution in [0.3, 0.4) is 0 Å². The fourth-order valence-electron chi connectivity index (χ4n) is 13.4. The number of thiol groups is 2. The molecule has 0 bridgehead atoms. The highest BCUT2D eigenvalue weighted by molar-refractivity contribution is 7.80. The molecule has 0 spiro atoms. The standard InChI is InChI=1S/C77H108N18O18S2/c1-41(2)29-53(68(103)93-64(43(5)97)75(110)88-55(32-46-34-81-51-18-10-9-17-49(46)51)69(104)92-63(42(3)4)74(109)91-59(39-115)71(106)84-52(19-11-12-26-78)76(111)95-28-14-21-61(95)77(112)113)87-73(108)60-20-13-27-94(60)62(99)36-82-66(101)54(31-44-15-7-6-8-16-44)85-67(102)56(33-47-35-80-40-83-47)86-72(107)58(38-114)90-70(105)57(37-96)89-65(100)50(79)30-45-22-24-48(98)25-23-45/h6-10,15-18,22-25,34-35,40-43,50,52-61,63-64,81,96-98,114-115H,11-14,19-21,26-33,36-39,78-79H2,1-5H3,(H,80,83)(H,82,101)(H,84,106)(H,85,102)(H,86,107)(H,87,108)(H,88,110)(H,89,100)(H,90,105)(H,91,109)(H,92,104)(H,93,103)(H,112,113)/t43-,50+,52+,53+,54+,55+,56+,57+,58+,59+,60+,61+,63+,64+/m1/s1. The van der Waals surface area contributed by atoms with Crippen molar-refractivity contribution in [3.63, 3.8) is 0 Å². The molecule has 0 unspecified atom stereocenters. The predicted molar refractivity (Wildman–Crippen MR) is 427 cm³/mol. The molecule has 7 rings (SSSR count). The Hall–Kier alpha value is -10.7. The van der Waals surface area contributed by atoms with Gasteiger partial charge in [-0.3, -0.25) is 62.3 Å². The molecule has 2 aliphatic rings. The van der Waals surface area contributed by atoms with E-state index in [4.69, 9.17) is 11.5 Å². The number of nitrogens with two attached hydrogens (primary N) is 2. The van der Waals surface area contributed by atoms with Gasteiger partial charge in [-0.05, 0) is 118 Å². The molecule has 4 heterocycles. The zero-order valence-corrected chi connectivity index (χ0v) is 66.6. The summed E-state index contributed by atoms with van der Waals surface area (Å²) in [6.45, 7) is 6.87. The SMILES string of the molecule is CC(C)C[C@H](NC(=O)[C@@H]1CCCN1C(=O)CNC(=O)[C@H](Cc1ccccc1)NC(=O)[C@H](Cc1cnc[nH]1)NC(=O)[C@H](CS)NC(=O)[C@H](CO)NC(=O)[C@@H](N)Cc1ccc(O)cc1)C(=O)N[C@H](C(=O)N[C@@H](Cc1c[nH]c2ccccc12)C(=O)N[C@H](C(=O)N[C@@H](CS)C(=O)N[C@@H](CCCCN)C(=O)N1CCC[C@H]1C(=O)O)C(C)C)[C@@H](C)O. The number of imidazole rings is 1. The Morgan fingerprint density at radius 1 is 0.557 bits per heavy atom. The molecule has 38 heteroatoms. The molecule has 0 aliphatic carbocycles. The highest BCUT2D eigenvalue weighted by atomic mass is 32.1. The maximum absolute atomic E-state index is 14.8. The van der Waals surface area contributed by atoms with E-state index < -0.39 is 186 Å². The Morgan fingerprint density at radius 2 is 1.09 bits per heavy atom. The Morgan fingerprint density at radius 3 is 1.70 bits per heavy atom. The van der Waals surface area contributed by atoms with Crippen molar-refractivity contribution >= 4 is 119 Å². The summed E-state index contributed by atoms with van der Waals surface area (Å²) >= 11 is 8.59. The molecule has 13 amide bonds. The van der Waals surface area contributed by atoms with Gasteiger partial charge in [0.25, 0.3) is 0 Å². The molecule has 2 aliphatic heterocycles. The molecule has 3 aromatic carbocycles. The average Bonchev–Trinajstić information content (AvgIpc) is 1.70. The van der Waals surface area contributed by atoms with Crippen molar-refractivity contribution in [2.75, 3.05) is 44.3 Å². The van der Waals surface area contributed by atoms with E-state index in [2.05, 4.69) is 98.7 Å². The first-order chi connectivity index (χ1) is 54.8. The maximum atomic E-state index is 14.8. The number of nitrogens with one attached hydrogen (secondary N) is 13. The van der Waals surface area contributed by atoms with Crippen molar-refractivity contribution in [3.8, 4) is 5.75 Å². The quantitative estimate of drug-likeness (QED) is 0.0139. The van der Waals surface area contributed by atoms with Gasteiger partial charge in [0.1, 0.15) is 78.3 Å². The van der Waals surface area contributed by atoms with Crippen LogP contribution in [0.5, 0.6) is 5.75 Å². The number of aromatic nitrogens is 3. The molecular weight excluding hydrogens is 1530 g/mol. The largest absolute Gasteiger partial charge is 0.508 e. The van der Waals surface area contributed by atoms with Crippen LogP contribution in [-0.2, 0) is 92.8 Å². The second kappa shape index (κ2) is 44.8. The summed E-state index contributed by atoms with van der Waals surface area (Å²) in [5, 5.41) is 70.1. The Balaban J connectivity index is 1.01. The smallest absolute Gasteiger partial charge is 0.326 e. The fraction of sp³-hybridized carbons (Fsp3) is 0.519. The molecule has 2 saturated heterocycles. The van der Waals surface area contributed by atoms with E-state index in [1.54, 1.807) is 101 Å². The number of carboxylic acids is 1. The summed E-state index contributed by atoms with van der Waals surface area (Å²) in [4.78, 5) is 209. The number of carbonyl (C=O) groups excluding carboxylic acids is 13. The summed E-state index contributed by atoms with van der Waals surface area (Å²) < 4.78 is 0. The number of nitrogens with zero attached hydrogens (tertiary/aromatic N) is 3. The van der Waals surface area contributed by atoms with E-state index in [1.807, 2.05) is 0 Å². The van der Waals surface area contributed by atoms with Gasteiger partial charge in [-0.25, -0.2) is 9.78 Å². The molecule has 0 saturated carbocycles. The minimum Gasteiger partial charge on any atom is -0.508 e. The monoisotopic (exact) mass is 1640 g/mol. The van der Waals surface area contributed by atoms with E-state index >= 15 is 0 Å². The third-order valence-electron chi connectivity index (χ3n) is 19.8. The van der Waals surface area contributed by atoms with Gasteiger partial charge in [0, 0.05) is 72.8 Å². The van der Waals surface area contributed by atoms with Crippen LogP contribution in [-0.4, -0.2) is 257 Å². The first kappa shape index (κ1) is 91.5. The van der Waals surface area contributed by atoms with Crippen LogP contribution in [0.4, 0.5) is 0 Å². The number of carbonyl (C=O) groups is 14. The zero-order chi connectivity index (χ0) is 84.2. The number of phenolic OH excluding ortho intramolecular Hbond substituents is 1. The van der Waals surface area contributed by atoms with Crippen LogP contribution in [0, 0.1) is 11.8 Å². The molecule has 2 aromatic heterocycles. The number of likely N-dealkylation sites (tertiary alicyclic amines) is 2. The van der Waals surface area contributed by atoms with E-state index in [0.717, 1.165) is 0 Å². The van der Waals surface area contributed by atoms with Crippen LogP contribution in [0.1, 0.15) is 108 Å². The number of hydrogen-bond acceptors (Lipinski definition) is 22. The number of H-pyrrole nitrogens is 2. The van der Waals surface area contributed by atoms with Gasteiger partial charge in [-0.1, -0.05) is 88.4 Å². The molecule has 0 radical (unpaired) electrons. The van der Waals surface area contributed by atoms with Crippen molar-refractivity contribution in [2.24, 2.45) is 23.3 Å². The first-order valence-electron chi connectivity index (χ1n) is 38.3. The molecule has 36 nitrogen and oxygen atoms in total. The van der Waals surface area contributed by atoms with E-state index in [-0.39, 0.29) is 87.6 Å². The summed E-state index contributed by atoms with van der Waals surface area (Å²) in [5.74, 6) is -13.9. The molecule has 21 N–H and O–H groups in total. The molecule has 115 heavy (non-hydrogen) atoms. The highest BCUT2D eigenvalue weighted by Crippen LogP contribution is 2.24. The van der Waals surface area contributed by atoms with Gasteiger partial charge in [-0.2, -0.15) is 25.3 Å². The number of unbranched alkanes of at least 4 members (excludes halogenated alkanes) is 1. The average molecular weight is 1640 g/mol. The van der Waals surface area contributed by atoms with Crippen LogP contribution in [0.15, 0.2) is 97.6 Å². The number of hydrogen-bond donors (Lipinski definition) is 21. The number of aliphatic hydroxyl groups is 2. The molecule has 626 valence electrons. The fourth-order valence-corrected chi connectivity index (χ4v) is 14.0. The number of aromatic amines is 2. The third-order valence-corrected chi connectivity index (χ3v) is 20.5. The summed E-state index contributed by atoms with van der Waals surface area (Å²) in [5.41, 5.74) is 14.6. The van der Waals surface area contributed by atoms with Crippen LogP contribution < -0.4 is 70.0 Å². The van der Waals surface area contributed by atoms with Gasteiger partial charge >= 0.3 is 5.97 Å². The lowest BCUT2D eigenvalue weighted by Crippen LogP contribution is -2.62. The van der Waals surface area contributed by atoms with E-state index in [0.29, 0.717) is 65.5 Å². The number of rotatable bonds is 44. The van der Waals surface area contributed by atoms with Gasteiger partial charge in [0.15, 0.2) is 0 Å². The molecular formula is C77H108N18O18S2. The number of amides is 13. The van der Waals surface area contributed by atoms with Crippen molar-refractivity contribution in [1.82, 2.24) is 83.2 Å². The lowest BCUT2D eigenvalue weighted by molar-refractivity contribution is -0.149. The normalized spacial score (nSPS) is 17.2. The van der Waals surface area contributed by atoms with Gasteiger partial charge in [-0.15, -0.1) is 0 Å². The summed E-state index contributed by atoms with van der Waals surface area (Å²) in [7, 11) is 0. The van der Waals surface area contributed by atoms with Crippen molar-refractivity contribution in [3.05, 3.63) is 120 Å². The highest BCUT2D eigenvalue weighted by Gasteiger charge is 2.42. The number of benzene rings is 3. The maximum Gasteiger partial charge on any atom is 0.326 e. The molecule has 2 fully saturated rings. The number of aliphatic carboxylic acids is 1. The number of phenols is 1. The Labute approximate surface area is 676 Å². The van der Waals surface area contributed by atoms with Gasteiger partial charge in [0.2, 0.25) is 76.8 Å². The second-order valence-corrected chi connectivity index (χ2v) is 30.1. The Bertz CT molecular complexity index is 4160.